The molecule has 0 aliphatic rings. The molecule has 0 fully saturated rings. The topological polar surface area (TPSA) is 20.2 Å². The molecule has 0 heterocycles. The van der Waals surface area contributed by atoms with Gasteiger partial charge in [-0.3, -0.25) is 0 Å². The number of aliphatic hydroxyl groups excluding tert-OH is 1. The van der Waals surface area contributed by atoms with Crippen molar-refractivity contribution in [3.63, 3.8) is 0 Å². The van der Waals surface area contributed by atoms with Gasteiger partial charge in [0.1, 0.15) is 11.9 Å². The zero-order chi connectivity index (χ0) is 13.3. The predicted molar refractivity (Wildman–Crippen MR) is 71.4 cm³/mol. The van der Waals surface area contributed by atoms with Crippen molar-refractivity contribution in [1.29, 1.82) is 0 Å². The van der Waals surface area contributed by atoms with Gasteiger partial charge < -0.3 is 5.11 Å². The van der Waals surface area contributed by atoms with Crippen LogP contribution in [0.25, 0.3) is 0 Å². The molecule has 0 amide bonds. The fourth-order valence-corrected chi connectivity index (χ4v) is 2.16. The summed E-state index contributed by atoms with van der Waals surface area (Å²) in [6.45, 7) is 3.74. The van der Waals surface area contributed by atoms with Crippen LogP contribution in [-0.2, 0) is 0 Å². The maximum atomic E-state index is 13.3. The molecule has 1 unspecified atom stereocenters. The van der Waals surface area contributed by atoms with Crippen LogP contribution in [0.15, 0.2) is 36.4 Å². The first-order valence-electron chi connectivity index (χ1n) is 5.69. The molecule has 94 valence electrons. The number of halogens is 2. The summed E-state index contributed by atoms with van der Waals surface area (Å²) < 4.78 is 13.3. The number of rotatable bonds is 2. The lowest BCUT2D eigenvalue weighted by Gasteiger charge is -2.16. The van der Waals surface area contributed by atoms with E-state index in [1.54, 1.807) is 18.2 Å². The zero-order valence-corrected chi connectivity index (χ0v) is 11.0. The van der Waals surface area contributed by atoms with Crippen LogP contribution in [0, 0.1) is 19.7 Å². The molecule has 0 radical (unpaired) electrons. The molecule has 0 bridgehead atoms. The molecule has 2 rings (SSSR count). The molecule has 2 aromatic rings. The van der Waals surface area contributed by atoms with Crippen LogP contribution in [-0.4, -0.2) is 5.11 Å². The number of benzene rings is 2. The number of aryl methyl sites for hydroxylation is 2. The Kier molecular flexibility index (Phi) is 3.69. The summed E-state index contributed by atoms with van der Waals surface area (Å²) in [6, 6.07) is 9.73. The average Bonchev–Trinajstić information content (AvgIpc) is 2.34. The molecular weight excluding hydrogens is 251 g/mol. The molecule has 0 aromatic heterocycles. The van der Waals surface area contributed by atoms with E-state index in [0.717, 1.165) is 11.1 Å². The van der Waals surface area contributed by atoms with Gasteiger partial charge in [-0.05, 0) is 60.4 Å². The van der Waals surface area contributed by atoms with Gasteiger partial charge in [-0.2, -0.15) is 0 Å². The van der Waals surface area contributed by atoms with Crippen molar-refractivity contribution < 1.29 is 9.50 Å². The summed E-state index contributed by atoms with van der Waals surface area (Å²) in [5.74, 6) is -0.352. The van der Waals surface area contributed by atoms with Gasteiger partial charge in [0.25, 0.3) is 0 Å². The van der Waals surface area contributed by atoms with Gasteiger partial charge in [-0.1, -0.05) is 23.7 Å². The molecule has 0 aliphatic carbocycles. The molecule has 18 heavy (non-hydrogen) atoms. The Balaban J connectivity index is 2.50. The largest absolute Gasteiger partial charge is 0.384 e. The molecule has 1 nitrogen and oxygen atoms in total. The SMILES string of the molecule is Cc1ccc(F)cc1C(O)c1cc(Cl)ccc1C. The second kappa shape index (κ2) is 5.09. The number of hydrogen-bond acceptors (Lipinski definition) is 1. The third kappa shape index (κ3) is 2.55. The van der Waals surface area contributed by atoms with E-state index in [-0.39, 0.29) is 5.82 Å². The Labute approximate surface area is 111 Å². The first-order valence-corrected chi connectivity index (χ1v) is 6.07. The van der Waals surface area contributed by atoms with E-state index in [2.05, 4.69) is 0 Å². The van der Waals surface area contributed by atoms with E-state index in [1.165, 1.54) is 12.1 Å². The molecule has 1 N–H and O–H groups in total. The molecule has 3 heteroatoms. The quantitative estimate of drug-likeness (QED) is 0.863. The molecule has 2 aromatic carbocycles. The minimum Gasteiger partial charge on any atom is -0.384 e. The molecule has 1 atom stereocenters. The van der Waals surface area contributed by atoms with Gasteiger partial charge in [-0.15, -0.1) is 0 Å². The first-order chi connectivity index (χ1) is 8.49. The zero-order valence-electron chi connectivity index (χ0n) is 10.2. The fourth-order valence-electron chi connectivity index (χ4n) is 1.98. The van der Waals surface area contributed by atoms with Gasteiger partial charge in [0.2, 0.25) is 0 Å². The Morgan fingerprint density at radius 3 is 2.22 bits per heavy atom. The average molecular weight is 265 g/mol. The molecular formula is C15H14ClFO. The highest BCUT2D eigenvalue weighted by Gasteiger charge is 2.16. The Bertz CT molecular complexity index is 529. The van der Waals surface area contributed by atoms with E-state index < -0.39 is 6.10 Å². The van der Waals surface area contributed by atoms with Crippen LogP contribution in [0.1, 0.15) is 28.4 Å². The third-order valence-electron chi connectivity index (χ3n) is 3.07. The van der Waals surface area contributed by atoms with E-state index in [9.17, 15) is 9.50 Å². The van der Waals surface area contributed by atoms with Crippen LogP contribution < -0.4 is 0 Å². The molecule has 0 saturated heterocycles. The molecule has 0 spiro atoms. The smallest absolute Gasteiger partial charge is 0.123 e. The highest BCUT2D eigenvalue weighted by molar-refractivity contribution is 6.30. The standard InChI is InChI=1S/C15H14ClFO/c1-9-3-5-11(16)7-13(9)15(18)14-8-12(17)6-4-10(14)2/h3-8,15,18H,1-2H3. The van der Waals surface area contributed by atoms with Gasteiger partial charge in [-0.25, -0.2) is 4.39 Å². The minimum atomic E-state index is -0.862. The summed E-state index contributed by atoms with van der Waals surface area (Å²) in [4.78, 5) is 0. The second-order valence-electron chi connectivity index (χ2n) is 4.40. The lowest BCUT2D eigenvalue weighted by atomic mass is 9.94. The first kappa shape index (κ1) is 13.1. The molecule has 0 saturated carbocycles. The van der Waals surface area contributed by atoms with Crippen molar-refractivity contribution in [3.05, 3.63) is 69.5 Å². The van der Waals surface area contributed by atoms with Crippen LogP contribution in [0.4, 0.5) is 4.39 Å². The number of aliphatic hydroxyl groups is 1. The summed E-state index contributed by atoms with van der Waals surface area (Å²) in [6.07, 6.45) is -0.862. The maximum Gasteiger partial charge on any atom is 0.123 e. The summed E-state index contributed by atoms with van der Waals surface area (Å²) in [7, 11) is 0. The monoisotopic (exact) mass is 264 g/mol. The van der Waals surface area contributed by atoms with Gasteiger partial charge in [0.15, 0.2) is 0 Å². The summed E-state index contributed by atoms with van der Waals surface area (Å²) in [5, 5.41) is 10.9. The van der Waals surface area contributed by atoms with Crippen LogP contribution in [0.2, 0.25) is 5.02 Å². The van der Waals surface area contributed by atoms with E-state index in [4.69, 9.17) is 11.6 Å². The lowest BCUT2D eigenvalue weighted by Crippen LogP contribution is -2.04. The minimum absolute atomic E-state index is 0.352. The van der Waals surface area contributed by atoms with E-state index in [0.29, 0.717) is 16.1 Å². The van der Waals surface area contributed by atoms with Crippen molar-refractivity contribution in [2.45, 2.75) is 20.0 Å². The van der Waals surface area contributed by atoms with Crippen molar-refractivity contribution >= 4 is 11.6 Å². The van der Waals surface area contributed by atoms with Crippen LogP contribution in [0.3, 0.4) is 0 Å². The Morgan fingerprint density at radius 1 is 1.00 bits per heavy atom. The van der Waals surface area contributed by atoms with Crippen molar-refractivity contribution in [3.8, 4) is 0 Å². The second-order valence-corrected chi connectivity index (χ2v) is 4.84. The highest BCUT2D eigenvalue weighted by atomic mass is 35.5. The Morgan fingerprint density at radius 2 is 1.56 bits per heavy atom. The predicted octanol–water partition coefficient (Wildman–Crippen LogP) is 4.18. The normalized spacial score (nSPS) is 12.5. The number of hydrogen-bond donors (Lipinski definition) is 1. The van der Waals surface area contributed by atoms with E-state index >= 15 is 0 Å². The van der Waals surface area contributed by atoms with Gasteiger partial charge >= 0.3 is 0 Å². The van der Waals surface area contributed by atoms with Gasteiger partial charge in [0.05, 0.1) is 0 Å². The van der Waals surface area contributed by atoms with Crippen LogP contribution >= 0.6 is 11.6 Å². The molecule has 0 aliphatic heterocycles. The fraction of sp³-hybridized carbons (Fsp3) is 0.200. The summed E-state index contributed by atoms with van der Waals surface area (Å²) >= 11 is 5.93. The summed E-state index contributed by atoms with van der Waals surface area (Å²) in [5.41, 5.74) is 3.05. The van der Waals surface area contributed by atoms with E-state index in [1.807, 2.05) is 19.9 Å². The Hall–Kier alpha value is -1.38. The van der Waals surface area contributed by atoms with Crippen molar-refractivity contribution in [2.75, 3.05) is 0 Å². The van der Waals surface area contributed by atoms with Crippen LogP contribution in [0.5, 0.6) is 0 Å². The van der Waals surface area contributed by atoms with Gasteiger partial charge in [0, 0.05) is 5.02 Å². The lowest BCUT2D eigenvalue weighted by molar-refractivity contribution is 0.218. The maximum absolute atomic E-state index is 13.3. The van der Waals surface area contributed by atoms with Crippen molar-refractivity contribution in [2.24, 2.45) is 0 Å². The third-order valence-corrected chi connectivity index (χ3v) is 3.31. The highest BCUT2D eigenvalue weighted by Crippen LogP contribution is 2.29. The van der Waals surface area contributed by atoms with Crippen molar-refractivity contribution in [1.82, 2.24) is 0 Å².